The maximum absolute atomic E-state index is 5.36. The van der Waals surface area contributed by atoms with Crippen LogP contribution in [-0.4, -0.2) is 25.4 Å². The predicted octanol–water partition coefficient (Wildman–Crippen LogP) is 3.96. The van der Waals surface area contributed by atoms with E-state index in [-0.39, 0.29) is 0 Å². The van der Waals surface area contributed by atoms with Crippen molar-refractivity contribution < 1.29 is 9.47 Å². The molecule has 0 aliphatic heterocycles. The van der Waals surface area contributed by atoms with Crippen molar-refractivity contribution in [1.29, 1.82) is 0 Å². The van der Waals surface area contributed by atoms with Crippen LogP contribution < -0.4 is 20.1 Å². The van der Waals surface area contributed by atoms with E-state index in [0.29, 0.717) is 11.2 Å². The SMILES string of the molecule is CCCCCC(C)NC(=S)Nc1cc(OC)ccc1OC. The van der Waals surface area contributed by atoms with E-state index in [0.717, 1.165) is 23.6 Å². The smallest absolute Gasteiger partial charge is 0.171 e. The van der Waals surface area contributed by atoms with Gasteiger partial charge >= 0.3 is 0 Å². The Labute approximate surface area is 133 Å². The number of unbranched alkanes of at least 4 members (excludes halogenated alkanes) is 2. The van der Waals surface area contributed by atoms with Crippen molar-refractivity contribution in [2.45, 2.75) is 45.6 Å². The molecule has 1 rings (SSSR count). The lowest BCUT2D eigenvalue weighted by Crippen LogP contribution is -2.35. The van der Waals surface area contributed by atoms with Gasteiger partial charge in [-0.3, -0.25) is 0 Å². The number of thiocarbonyl (C=S) groups is 1. The first kappa shape index (κ1) is 17.6. The second-order valence-corrected chi connectivity index (χ2v) is 5.47. The summed E-state index contributed by atoms with van der Waals surface area (Å²) in [6.07, 6.45) is 4.83. The number of anilines is 1. The number of benzene rings is 1. The fourth-order valence-electron chi connectivity index (χ4n) is 2.07. The summed E-state index contributed by atoms with van der Waals surface area (Å²) in [5.41, 5.74) is 0.801. The van der Waals surface area contributed by atoms with E-state index in [4.69, 9.17) is 21.7 Å². The molecule has 1 aromatic carbocycles. The van der Waals surface area contributed by atoms with Gasteiger partial charge in [0.15, 0.2) is 5.11 Å². The van der Waals surface area contributed by atoms with Gasteiger partial charge in [0, 0.05) is 12.1 Å². The molecule has 0 fully saturated rings. The van der Waals surface area contributed by atoms with Gasteiger partial charge in [-0.05, 0) is 37.7 Å². The lowest BCUT2D eigenvalue weighted by molar-refractivity contribution is 0.405. The summed E-state index contributed by atoms with van der Waals surface area (Å²) in [5.74, 6) is 1.50. The first-order valence-electron chi connectivity index (χ1n) is 7.40. The summed E-state index contributed by atoms with van der Waals surface area (Å²) in [4.78, 5) is 0. The van der Waals surface area contributed by atoms with Gasteiger partial charge in [-0.25, -0.2) is 0 Å². The Morgan fingerprint density at radius 1 is 1.24 bits per heavy atom. The van der Waals surface area contributed by atoms with Gasteiger partial charge in [0.1, 0.15) is 11.5 Å². The third-order valence-corrected chi connectivity index (χ3v) is 3.49. The molecule has 1 aromatic rings. The first-order valence-corrected chi connectivity index (χ1v) is 7.81. The Hall–Kier alpha value is -1.49. The fraction of sp³-hybridized carbons (Fsp3) is 0.562. The van der Waals surface area contributed by atoms with Crippen molar-refractivity contribution >= 4 is 23.0 Å². The zero-order chi connectivity index (χ0) is 15.7. The van der Waals surface area contributed by atoms with Gasteiger partial charge in [0.2, 0.25) is 0 Å². The zero-order valence-electron chi connectivity index (χ0n) is 13.4. The quantitative estimate of drug-likeness (QED) is 0.562. The Morgan fingerprint density at radius 3 is 2.62 bits per heavy atom. The molecule has 5 heteroatoms. The molecule has 0 saturated heterocycles. The lowest BCUT2D eigenvalue weighted by atomic mass is 10.1. The summed E-state index contributed by atoms with van der Waals surface area (Å²) in [7, 11) is 3.27. The maximum atomic E-state index is 5.36. The molecular weight excluding hydrogens is 284 g/mol. The molecule has 0 saturated carbocycles. The van der Waals surface area contributed by atoms with E-state index in [1.807, 2.05) is 18.2 Å². The lowest BCUT2D eigenvalue weighted by Gasteiger charge is -2.18. The summed E-state index contributed by atoms with van der Waals surface area (Å²) < 4.78 is 10.5. The molecule has 0 spiro atoms. The minimum atomic E-state index is 0.355. The van der Waals surface area contributed by atoms with Crippen molar-refractivity contribution in [2.24, 2.45) is 0 Å². The topological polar surface area (TPSA) is 42.5 Å². The molecule has 2 N–H and O–H groups in total. The van der Waals surface area contributed by atoms with Crippen molar-refractivity contribution in [3.05, 3.63) is 18.2 Å². The Balaban J connectivity index is 2.57. The Bertz CT molecular complexity index is 452. The van der Waals surface area contributed by atoms with Gasteiger partial charge in [-0.15, -0.1) is 0 Å². The highest BCUT2D eigenvalue weighted by Crippen LogP contribution is 2.28. The number of hydrogen-bond donors (Lipinski definition) is 2. The van der Waals surface area contributed by atoms with Gasteiger partial charge in [-0.1, -0.05) is 26.2 Å². The molecule has 0 aromatic heterocycles. The molecule has 0 heterocycles. The van der Waals surface area contributed by atoms with Crippen LogP contribution in [0.5, 0.6) is 11.5 Å². The number of nitrogens with one attached hydrogen (secondary N) is 2. The molecule has 118 valence electrons. The molecule has 0 amide bonds. The molecular formula is C16H26N2O2S. The van der Waals surface area contributed by atoms with Crippen LogP contribution in [0.25, 0.3) is 0 Å². The molecule has 4 nitrogen and oxygen atoms in total. The van der Waals surface area contributed by atoms with Gasteiger partial charge in [0.05, 0.1) is 19.9 Å². The van der Waals surface area contributed by atoms with E-state index < -0.39 is 0 Å². The normalized spacial score (nSPS) is 11.6. The van der Waals surface area contributed by atoms with Crippen molar-refractivity contribution in [2.75, 3.05) is 19.5 Å². The summed E-state index contributed by atoms with van der Waals surface area (Å²) in [6.45, 7) is 4.35. The zero-order valence-corrected chi connectivity index (χ0v) is 14.2. The van der Waals surface area contributed by atoms with Gasteiger partial charge < -0.3 is 20.1 Å². The third-order valence-electron chi connectivity index (χ3n) is 3.27. The second-order valence-electron chi connectivity index (χ2n) is 5.06. The summed E-state index contributed by atoms with van der Waals surface area (Å²) in [6, 6.07) is 5.94. The van der Waals surface area contributed by atoms with Crippen LogP contribution in [-0.2, 0) is 0 Å². The van der Waals surface area contributed by atoms with E-state index in [1.54, 1.807) is 14.2 Å². The highest BCUT2D eigenvalue weighted by atomic mass is 32.1. The largest absolute Gasteiger partial charge is 0.497 e. The Kier molecular flexibility index (Phi) is 7.90. The van der Waals surface area contributed by atoms with Gasteiger partial charge in [0.25, 0.3) is 0 Å². The minimum absolute atomic E-state index is 0.355. The molecule has 0 aliphatic rings. The highest BCUT2D eigenvalue weighted by Gasteiger charge is 2.09. The van der Waals surface area contributed by atoms with Crippen LogP contribution >= 0.6 is 12.2 Å². The van der Waals surface area contributed by atoms with Crippen molar-refractivity contribution in [3.8, 4) is 11.5 Å². The first-order chi connectivity index (χ1) is 10.1. The van der Waals surface area contributed by atoms with Crippen LogP contribution in [0.4, 0.5) is 5.69 Å². The summed E-state index contributed by atoms with van der Waals surface area (Å²) >= 11 is 5.36. The average Bonchev–Trinajstić information content (AvgIpc) is 2.47. The Morgan fingerprint density at radius 2 is 2.00 bits per heavy atom. The van der Waals surface area contributed by atoms with Gasteiger partial charge in [-0.2, -0.15) is 0 Å². The van der Waals surface area contributed by atoms with E-state index in [9.17, 15) is 0 Å². The number of methoxy groups -OCH3 is 2. The third kappa shape index (κ3) is 6.21. The summed E-state index contributed by atoms with van der Waals surface area (Å²) in [5, 5.41) is 7.08. The fourth-order valence-corrected chi connectivity index (χ4v) is 2.38. The molecule has 1 unspecified atom stereocenters. The van der Waals surface area contributed by atoms with E-state index in [1.165, 1.54) is 19.3 Å². The van der Waals surface area contributed by atoms with Crippen LogP contribution in [0, 0.1) is 0 Å². The van der Waals surface area contributed by atoms with E-state index >= 15 is 0 Å². The van der Waals surface area contributed by atoms with Crippen LogP contribution in [0.3, 0.4) is 0 Å². The molecule has 0 radical (unpaired) electrons. The second kappa shape index (κ2) is 9.45. The molecule has 0 bridgehead atoms. The van der Waals surface area contributed by atoms with Crippen LogP contribution in [0.1, 0.15) is 39.5 Å². The minimum Gasteiger partial charge on any atom is -0.497 e. The van der Waals surface area contributed by atoms with Crippen molar-refractivity contribution in [3.63, 3.8) is 0 Å². The maximum Gasteiger partial charge on any atom is 0.171 e. The molecule has 21 heavy (non-hydrogen) atoms. The van der Waals surface area contributed by atoms with Crippen LogP contribution in [0.2, 0.25) is 0 Å². The van der Waals surface area contributed by atoms with E-state index in [2.05, 4.69) is 24.5 Å². The van der Waals surface area contributed by atoms with Crippen molar-refractivity contribution in [1.82, 2.24) is 5.32 Å². The standard InChI is InChI=1S/C16H26N2O2S/c1-5-6-7-8-12(2)17-16(21)18-14-11-13(19-3)9-10-15(14)20-4/h9-12H,5-8H2,1-4H3,(H2,17,18,21). The molecule has 0 aliphatic carbocycles. The molecule has 1 atom stereocenters. The predicted molar refractivity (Wildman–Crippen MR) is 92.5 cm³/mol. The monoisotopic (exact) mass is 310 g/mol. The number of ether oxygens (including phenoxy) is 2. The number of hydrogen-bond acceptors (Lipinski definition) is 3. The highest BCUT2D eigenvalue weighted by molar-refractivity contribution is 7.80. The van der Waals surface area contributed by atoms with Crippen LogP contribution in [0.15, 0.2) is 18.2 Å². The average molecular weight is 310 g/mol. The number of rotatable bonds is 8.